The minimum Gasteiger partial charge on any atom is -0.313 e. The molecule has 2 atom stereocenters. The standard InChI is InChI=1S/C9H20N2O/c1-4-11(12-3)9-6-5-8(2)10-7-9/h8-10H,4-7H2,1-3H3. The van der Waals surface area contributed by atoms with Crippen molar-refractivity contribution in [2.45, 2.75) is 38.8 Å². The predicted octanol–water partition coefficient (Wildman–Crippen LogP) is 1.01. The summed E-state index contributed by atoms with van der Waals surface area (Å²) < 4.78 is 0. The lowest BCUT2D eigenvalue weighted by Crippen LogP contribution is -2.48. The summed E-state index contributed by atoms with van der Waals surface area (Å²) >= 11 is 0. The molecule has 0 radical (unpaired) electrons. The van der Waals surface area contributed by atoms with Gasteiger partial charge in [-0.25, -0.2) is 0 Å². The van der Waals surface area contributed by atoms with E-state index in [1.165, 1.54) is 12.8 Å². The van der Waals surface area contributed by atoms with Gasteiger partial charge in [0.05, 0.1) is 7.11 Å². The van der Waals surface area contributed by atoms with E-state index in [0.29, 0.717) is 12.1 Å². The van der Waals surface area contributed by atoms with Gasteiger partial charge in [0.25, 0.3) is 0 Å². The number of nitrogens with one attached hydrogen (secondary N) is 1. The molecule has 1 saturated heterocycles. The fourth-order valence-electron chi connectivity index (χ4n) is 1.77. The molecule has 3 nitrogen and oxygen atoms in total. The number of nitrogens with zero attached hydrogens (tertiary/aromatic N) is 1. The molecule has 0 aromatic carbocycles. The fourth-order valence-corrected chi connectivity index (χ4v) is 1.77. The largest absolute Gasteiger partial charge is 0.313 e. The first kappa shape index (κ1) is 9.96. The Labute approximate surface area is 75.0 Å². The molecule has 1 aliphatic rings. The molecule has 0 aromatic heterocycles. The van der Waals surface area contributed by atoms with Crippen molar-refractivity contribution in [2.75, 3.05) is 20.2 Å². The predicted molar refractivity (Wildman–Crippen MR) is 49.9 cm³/mol. The second-order valence-electron chi connectivity index (χ2n) is 3.46. The van der Waals surface area contributed by atoms with Crippen molar-refractivity contribution in [1.29, 1.82) is 0 Å². The molecule has 1 aliphatic heterocycles. The maximum atomic E-state index is 5.27. The quantitative estimate of drug-likeness (QED) is 0.643. The summed E-state index contributed by atoms with van der Waals surface area (Å²) in [6, 6.07) is 1.24. The Kier molecular flexibility index (Phi) is 3.98. The van der Waals surface area contributed by atoms with Gasteiger partial charge < -0.3 is 10.2 Å². The monoisotopic (exact) mass is 172 g/mol. The summed E-state index contributed by atoms with van der Waals surface area (Å²) in [5, 5.41) is 5.51. The van der Waals surface area contributed by atoms with Gasteiger partial charge in [0, 0.05) is 25.2 Å². The summed E-state index contributed by atoms with van der Waals surface area (Å²) in [4.78, 5) is 5.27. The zero-order valence-corrected chi connectivity index (χ0v) is 8.34. The van der Waals surface area contributed by atoms with Crippen LogP contribution in [0.5, 0.6) is 0 Å². The highest BCUT2D eigenvalue weighted by Gasteiger charge is 2.22. The van der Waals surface area contributed by atoms with Crippen molar-refractivity contribution in [2.24, 2.45) is 0 Å². The van der Waals surface area contributed by atoms with Gasteiger partial charge in [0.15, 0.2) is 0 Å². The molecule has 72 valence electrons. The van der Waals surface area contributed by atoms with E-state index in [9.17, 15) is 0 Å². The van der Waals surface area contributed by atoms with Crippen LogP contribution in [0.3, 0.4) is 0 Å². The maximum Gasteiger partial charge on any atom is 0.0575 e. The van der Waals surface area contributed by atoms with Gasteiger partial charge in [-0.3, -0.25) is 0 Å². The number of hydrogen-bond acceptors (Lipinski definition) is 3. The number of piperidine rings is 1. The van der Waals surface area contributed by atoms with Gasteiger partial charge in [-0.05, 0) is 19.8 Å². The van der Waals surface area contributed by atoms with Crippen molar-refractivity contribution in [3.8, 4) is 0 Å². The van der Waals surface area contributed by atoms with Crippen molar-refractivity contribution >= 4 is 0 Å². The van der Waals surface area contributed by atoms with Crippen LogP contribution in [0.2, 0.25) is 0 Å². The van der Waals surface area contributed by atoms with Crippen LogP contribution >= 0.6 is 0 Å². The summed E-state index contributed by atoms with van der Waals surface area (Å²) in [5.41, 5.74) is 0. The van der Waals surface area contributed by atoms with E-state index in [0.717, 1.165) is 13.1 Å². The first-order valence-electron chi connectivity index (χ1n) is 4.82. The molecular formula is C9H20N2O. The van der Waals surface area contributed by atoms with Crippen LogP contribution < -0.4 is 5.32 Å². The molecule has 0 saturated carbocycles. The molecular weight excluding hydrogens is 152 g/mol. The van der Waals surface area contributed by atoms with Crippen LogP contribution in [0.1, 0.15) is 26.7 Å². The van der Waals surface area contributed by atoms with E-state index < -0.39 is 0 Å². The molecule has 0 bridgehead atoms. The molecule has 1 fully saturated rings. The van der Waals surface area contributed by atoms with Gasteiger partial charge in [0.1, 0.15) is 0 Å². The average Bonchev–Trinajstić information content (AvgIpc) is 2.10. The van der Waals surface area contributed by atoms with Gasteiger partial charge in [-0.2, -0.15) is 5.06 Å². The molecule has 0 amide bonds. The van der Waals surface area contributed by atoms with Crippen molar-refractivity contribution in [1.82, 2.24) is 10.4 Å². The number of likely N-dealkylation sites (N-methyl/N-ethyl adjacent to an activating group) is 1. The third-order valence-electron chi connectivity index (χ3n) is 2.59. The van der Waals surface area contributed by atoms with Crippen molar-refractivity contribution < 1.29 is 4.84 Å². The van der Waals surface area contributed by atoms with Gasteiger partial charge in [0.2, 0.25) is 0 Å². The second kappa shape index (κ2) is 4.80. The van der Waals surface area contributed by atoms with Crippen LogP contribution in [0.25, 0.3) is 0 Å². The maximum absolute atomic E-state index is 5.27. The molecule has 12 heavy (non-hydrogen) atoms. The number of rotatable bonds is 3. The number of hydroxylamine groups is 2. The van der Waals surface area contributed by atoms with Crippen LogP contribution in [-0.2, 0) is 4.84 Å². The molecule has 1 N–H and O–H groups in total. The third-order valence-corrected chi connectivity index (χ3v) is 2.59. The summed E-state index contributed by atoms with van der Waals surface area (Å²) in [6.45, 7) is 6.39. The average molecular weight is 172 g/mol. The molecule has 0 aromatic rings. The van der Waals surface area contributed by atoms with E-state index in [4.69, 9.17) is 4.84 Å². The van der Waals surface area contributed by atoms with E-state index in [1.54, 1.807) is 7.11 Å². The highest BCUT2D eigenvalue weighted by Crippen LogP contribution is 2.13. The van der Waals surface area contributed by atoms with Crippen molar-refractivity contribution in [3.05, 3.63) is 0 Å². The van der Waals surface area contributed by atoms with Gasteiger partial charge >= 0.3 is 0 Å². The Hall–Kier alpha value is -0.120. The van der Waals surface area contributed by atoms with Crippen LogP contribution in [0.4, 0.5) is 0 Å². The minimum atomic E-state index is 0.566. The minimum absolute atomic E-state index is 0.566. The summed E-state index contributed by atoms with van der Waals surface area (Å²) in [6.07, 6.45) is 2.50. The Morgan fingerprint density at radius 2 is 2.25 bits per heavy atom. The third kappa shape index (κ3) is 2.44. The fraction of sp³-hybridized carbons (Fsp3) is 1.00. The lowest BCUT2D eigenvalue weighted by atomic mass is 10.0. The van der Waals surface area contributed by atoms with Crippen LogP contribution in [0, 0.1) is 0 Å². The molecule has 3 heteroatoms. The Bertz CT molecular complexity index is 118. The zero-order chi connectivity index (χ0) is 8.97. The molecule has 0 spiro atoms. The molecule has 0 aliphatic carbocycles. The zero-order valence-electron chi connectivity index (χ0n) is 8.34. The van der Waals surface area contributed by atoms with Crippen LogP contribution in [0.15, 0.2) is 0 Å². The first-order valence-corrected chi connectivity index (χ1v) is 4.82. The van der Waals surface area contributed by atoms with E-state index in [-0.39, 0.29) is 0 Å². The van der Waals surface area contributed by atoms with E-state index in [2.05, 4.69) is 24.2 Å². The van der Waals surface area contributed by atoms with Crippen LogP contribution in [-0.4, -0.2) is 37.3 Å². The summed E-state index contributed by atoms with van der Waals surface area (Å²) in [5.74, 6) is 0. The lowest BCUT2D eigenvalue weighted by Gasteiger charge is -2.34. The highest BCUT2D eigenvalue weighted by atomic mass is 16.7. The Morgan fingerprint density at radius 1 is 1.50 bits per heavy atom. The topological polar surface area (TPSA) is 24.5 Å². The molecule has 2 unspecified atom stereocenters. The molecule has 1 rings (SSSR count). The van der Waals surface area contributed by atoms with E-state index in [1.807, 2.05) is 0 Å². The Morgan fingerprint density at radius 3 is 2.67 bits per heavy atom. The normalized spacial score (nSPS) is 31.0. The molecule has 1 heterocycles. The number of hydrogen-bond donors (Lipinski definition) is 1. The Balaban J connectivity index is 2.32. The van der Waals surface area contributed by atoms with Gasteiger partial charge in [-0.15, -0.1) is 0 Å². The van der Waals surface area contributed by atoms with Gasteiger partial charge in [-0.1, -0.05) is 6.92 Å². The first-order chi connectivity index (χ1) is 5.77. The SMILES string of the molecule is CCN(OC)C1CCC(C)NC1. The highest BCUT2D eigenvalue weighted by molar-refractivity contribution is 4.78. The van der Waals surface area contributed by atoms with E-state index >= 15 is 0 Å². The second-order valence-corrected chi connectivity index (χ2v) is 3.46. The smallest absolute Gasteiger partial charge is 0.0575 e. The summed E-state index contributed by atoms with van der Waals surface area (Å²) in [7, 11) is 1.75. The van der Waals surface area contributed by atoms with Crippen molar-refractivity contribution in [3.63, 3.8) is 0 Å². The lowest BCUT2D eigenvalue weighted by molar-refractivity contribution is -0.162.